The van der Waals surface area contributed by atoms with Crippen LogP contribution in [0, 0.1) is 11.8 Å². The molecule has 0 radical (unpaired) electrons. The molecule has 0 aliphatic carbocycles. The molecule has 1 aliphatic rings. The van der Waals surface area contributed by atoms with E-state index in [1.165, 1.54) is 25.7 Å². The van der Waals surface area contributed by atoms with Gasteiger partial charge in [0.1, 0.15) is 11.9 Å². The van der Waals surface area contributed by atoms with Gasteiger partial charge < -0.3 is 14.9 Å². The van der Waals surface area contributed by atoms with E-state index in [0.29, 0.717) is 12.4 Å². The van der Waals surface area contributed by atoms with Crippen LogP contribution in [-0.2, 0) is 4.74 Å². The molecule has 0 spiro atoms. The van der Waals surface area contributed by atoms with Crippen molar-refractivity contribution in [1.82, 2.24) is 0 Å². The molecule has 20 heavy (non-hydrogen) atoms. The van der Waals surface area contributed by atoms with Gasteiger partial charge in [-0.1, -0.05) is 52.4 Å². The average molecular weight is 284 g/mol. The highest BCUT2D eigenvalue weighted by Gasteiger charge is 2.31. The zero-order valence-corrected chi connectivity index (χ0v) is 13.2. The normalized spacial score (nSPS) is 25.9. The standard InChI is InChI=1S/C17H32O3/c1-3-5-7-9-14(12-18)11-16-17(19)15(13-20-16)10-8-6-4-2/h11,14-15,17-19H,3-10,12-13H2,1-2H3/b16-11-. The molecule has 3 unspecified atom stereocenters. The SMILES string of the molecule is CCCCCC(/C=C1\OCC(CCCCC)C1O)CO. The second-order valence-corrected chi connectivity index (χ2v) is 6.02. The Morgan fingerprint density at radius 1 is 1.20 bits per heavy atom. The average Bonchev–Trinajstić information content (AvgIpc) is 2.79. The van der Waals surface area contributed by atoms with Gasteiger partial charge in [-0.15, -0.1) is 0 Å². The molecular weight excluding hydrogens is 252 g/mol. The van der Waals surface area contributed by atoms with E-state index < -0.39 is 6.10 Å². The third kappa shape index (κ3) is 5.84. The van der Waals surface area contributed by atoms with Gasteiger partial charge in [0, 0.05) is 18.4 Å². The van der Waals surface area contributed by atoms with Crippen LogP contribution in [0.3, 0.4) is 0 Å². The maximum absolute atomic E-state index is 10.3. The van der Waals surface area contributed by atoms with Gasteiger partial charge in [0.05, 0.1) is 6.61 Å². The van der Waals surface area contributed by atoms with Crippen LogP contribution in [0.15, 0.2) is 11.8 Å². The zero-order valence-electron chi connectivity index (χ0n) is 13.2. The maximum atomic E-state index is 10.3. The van der Waals surface area contributed by atoms with E-state index >= 15 is 0 Å². The van der Waals surface area contributed by atoms with E-state index in [1.807, 2.05) is 6.08 Å². The molecule has 0 saturated carbocycles. The van der Waals surface area contributed by atoms with Crippen LogP contribution < -0.4 is 0 Å². The molecule has 0 amide bonds. The Morgan fingerprint density at radius 2 is 1.90 bits per heavy atom. The number of aliphatic hydroxyl groups excluding tert-OH is 2. The van der Waals surface area contributed by atoms with Crippen molar-refractivity contribution in [2.75, 3.05) is 13.2 Å². The van der Waals surface area contributed by atoms with Crippen molar-refractivity contribution in [3.63, 3.8) is 0 Å². The number of hydrogen-bond donors (Lipinski definition) is 2. The highest BCUT2D eigenvalue weighted by Crippen LogP contribution is 2.29. The number of ether oxygens (including phenoxy) is 1. The molecule has 118 valence electrons. The quantitative estimate of drug-likeness (QED) is 0.602. The summed E-state index contributed by atoms with van der Waals surface area (Å²) in [6.45, 7) is 5.14. The van der Waals surface area contributed by atoms with E-state index in [2.05, 4.69) is 13.8 Å². The first-order chi connectivity index (χ1) is 9.72. The second-order valence-electron chi connectivity index (χ2n) is 6.02. The van der Waals surface area contributed by atoms with Crippen molar-refractivity contribution in [2.45, 2.75) is 71.3 Å². The Hall–Kier alpha value is -0.540. The number of aliphatic hydroxyl groups is 2. The fraction of sp³-hybridized carbons (Fsp3) is 0.882. The summed E-state index contributed by atoms with van der Waals surface area (Å²) < 4.78 is 5.65. The van der Waals surface area contributed by atoms with Crippen molar-refractivity contribution >= 4 is 0 Å². The first-order valence-electron chi connectivity index (χ1n) is 8.36. The molecule has 1 heterocycles. The topological polar surface area (TPSA) is 49.7 Å². The summed E-state index contributed by atoms with van der Waals surface area (Å²) in [5, 5.41) is 19.7. The molecule has 3 atom stereocenters. The molecule has 1 saturated heterocycles. The van der Waals surface area contributed by atoms with Crippen molar-refractivity contribution in [2.24, 2.45) is 11.8 Å². The Bertz CT molecular complexity index is 275. The highest BCUT2D eigenvalue weighted by molar-refractivity contribution is 5.08. The predicted octanol–water partition coefficient (Wildman–Crippen LogP) is 3.65. The summed E-state index contributed by atoms with van der Waals surface area (Å²) in [6, 6.07) is 0. The van der Waals surface area contributed by atoms with Crippen LogP contribution in [0.5, 0.6) is 0 Å². The minimum atomic E-state index is -0.466. The molecule has 3 heteroatoms. The lowest BCUT2D eigenvalue weighted by atomic mass is 9.95. The number of unbranched alkanes of at least 4 members (excludes halogenated alkanes) is 4. The molecule has 0 aromatic rings. The first-order valence-corrected chi connectivity index (χ1v) is 8.36. The van der Waals surface area contributed by atoms with E-state index in [-0.39, 0.29) is 18.4 Å². The van der Waals surface area contributed by atoms with Gasteiger partial charge in [-0.05, 0) is 18.9 Å². The largest absolute Gasteiger partial charge is 0.495 e. The van der Waals surface area contributed by atoms with Crippen molar-refractivity contribution < 1.29 is 14.9 Å². The van der Waals surface area contributed by atoms with Gasteiger partial charge in [-0.2, -0.15) is 0 Å². The third-order valence-electron chi connectivity index (χ3n) is 4.19. The van der Waals surface area contributed by atoms with Gasteiger partial charge in [-0.3, -0.25) is 0 Å². The Balaban J connectivity index is 2.42. The summed E-state index contributed by atoms with van der Waals surface area (Å²) in [4.78, 5) is 0. The van der Waals surface area contributed by atoms with Crippen LogP contribution in [0.4, 0.5) is 0 Å². The van der Waals surface area contributed by atoms with Gasteiger partial charge in [0.25, 0.3) is 0 Å². The van der Waals surface area contributed by atoms with E-state index in [9.17, 15) is 10.2 Å². The molecular formula is C17H32O3. The monoisotopic (exact) mass is 284 g/mol. The second kappa shape index (κ2) is 10.2. The van der Waals surface area contributed by atoms with Crippen LogP contribution >= 0.6 is 0 Å². The smallest absolute Gasteiger partial charge is 0.121 e. The lowest BCUT2D eigenvalue weighted by Crippen LogP contribution is -2.17. The highest BCUT2D eigenvalue weighted by atomic mass is 16.5. The fourth-order valence-electron chi connectivity index (χ4n) is 2.77. The van der Waals surface area contributed by atoms with Crippen molar-refractivity contribution in [1.29, 1.82) is 0 Å². The van der Waals surface area contributed by atoms with Crippen molar-refractivity contribution in [3.05, 3.63) is 11.8 Å². The number of hydrogen-bond acceptors (Lipinski definition) is 3. The molecule has 1 rings (SSSR count). The minimum Gasteiger partial charge on any atom is -0.495 e. The Morgan fingerprint density at radius 3 is 2.55 bits per heavy atom. The fourth-order valence-corrected chi connectivity index (χ4v) is 2.77. The van der Waals surface area contributed by atoms with E-state index in [0.717, 1.165) is 25.7 Å². The third-order valence-corrected chi connectivity index (χ3v) is 4.19. The lowest BCUT2D eigenvalue weighted by molar-refractivity contribution is 0.156. The molecule has 3 nitrogen and oxygen atoms in total. The van der Waals surface area contributed by atoms with Crippen LogP contribution in [0.25, 0.3) is 0 Å². The van der Waals surface area contributed by atoms with Gasteiger partial charge in [0.15, 0.2) is 0 Å². The minimum absolute atomic E-state index is 0.126. The zero-order chi connectivity index (χ0) is 14.8. The van der Waals surface area contributed by atoms with Gasteiger partial charge in [0.2, 0.25) is 0 Å². The maximum Gasteiger partial charge on any atom is 0.121 e. The molecule has 0 bridgehead atoms. The summed E-state index contributed by atoms with van der Waals surface area (Å²) in [5.41, 5.74) is 0. The summed E-state index contributed by atoms with van der Waals surface area (Å²) >= 11 is 0. The lowest BCUT2D eigenvalue weighted by Gasteiger charge is -2.13. The van der Waals surface area contributed by atoms with Crippen LogP contribution in [0.1, 0.15) is 65.2 Å². The van der Waals surface area contributed by atoms with Crippen LogP contribution in [0.2, 0.25) is 0 Å². The Kier molecular flexibility index (Phi) is 8.95. The molecule has 0 aromatic heterocycles. The number of rotatable bonds is 10. The van der Waals surface area contributed by atoms with Crippen molar-refractivity contribution in [3.8, 4) is 0 Å². The summed E-state index contributed by atoms with van der Waals surface area (Å²) in [6.07, 6.45) is 10.6. The summed E-state index contributed by atoms with van der Waals surface area (Å²) in [7, 11) is 0. The van der Waals surface area contributed by atoms with E-state index in [1.54, 1.807) is 0 Å². The summed E-state index contributed by atoms with van der Waals surface area (Å²) in [5.74, 6) is 1.06. The molecule has 0 aromatic carbocycles. The van der Waals surface area contributed by atoms with E-state index in [4.69, 9.17) is 4.74 Å². The van der Waals surface area contributed by atoms with Crippen LogP contribution in [-0.4, -0.2) is 29.5 Å². The first kappa shape index (κ1) is 17.5. The Labute approximate surface area is 124 Å². The molecule has 1 fully saturated rings. The van der Waals surface area contributed by atoms with Gasteiger partial charge >= 0.3 is 0 Å². The molecule has 1 aliphatic heterocycles. The molecule has 2 N–H and O–H groups in total. The van der Waals surface area contributed by atoms with Gasteiger partial charge in [-0.25, -0.2) is 0 Å². The predicted molar refractivity (Wildman–Crippen MR) is 82.4 cm³/mol.